The largest absolute Gasteiger partial charge is 0.444 e. The zero-order valence-corrected chi connectivity index (χ0v) is 21.3. The van der Waals surface area contributed by atoms with E-state index in [-0.39, 0.29) is 17.2 Å². The summed E-state index contributed by atoms with van der Waals surface area (Å²) in [5.41, 5.74) is 7.30. The molecule has 1 aromatic heterocycles. The van der Waals surface area contributed by atoms with Crippen LogP contribution in [0.15, 0.2) is 30.5 Å². The highest BCUT2D eigenvalue weighted by Gasteiger charge is 2.54. The molecule has 0 radical (unpaired) electrons. The number of carbonyl (C=O) groups excluding carboxylic acids is 2. The van der Waals surface area contributed by atoms with Gasteiger partial charge < -0.3 is 30.5 Å². The van der Waals surface area contributed by atoms with Crippen molar-refractivity contribution < 1.29 is 14.3 Å². The molecule has 3 aliphatic heterocycles. The minimum atomic E-state index is -0.612. The van der Waals surface area contributed by atoms with Crippen LogP contribution in [-0.4, -0.2) is 71.7 Å². The number of amides is 2. The van der Waals surface area contributed by atoms with Gasteiger partial charge in [-0.1, -0.05) is 0 Å². The molecule has 2 amide bonds. The molecule has 3 aliphatic rings. The third kappa shape index (κ3) is 5.03. The molecule has 10 heteroatoms. The lowest BCUT2D eigenvalue weighted by molar-refractivity contribution is -0.0453. The van der Waals surface area contributed by atoms with Crippen LogP contribution in [0.3, 0.4) is 0 Å². The van der Waals surface area contributed by atoms with E-state index in [0.717, 1.165) is 69.3 Å². The Balaban J connectivity index is 1.19. The van der Waals surface area contributed by atoms with Gasteiger partial charge in [-0.05, 0) is 64.3 Å². The Morgan fingerprint density at radius 3 is 2.28 bits per heavy atom. The number of nitrogens with zero attached hydrogens (tertiary/aromatic N) is 5. The van der Waals surface area contributed by atoms with Gasteiger partial charge in [0.1, 0.15) is 11.4 Å². The first kappa shape index (κ1) is 24.1. The number of hydrogen-bond acceptors (Lipinski definition) is 8. The van der Waals surface area contributed by atoms with E-state index >= 15 is 0 Å². The van der Waals surface area contributed by atoms with Crippen LogP contribution in [0.2, 0.25) is 0 Å². The van der Waals surface area contributed by atoms with Gasteiger partial charge in [-0.3, -0.25) is 4.79 Å². The summed E-state index contributed by atoms with van der Waals surface area (Å²) >= 11 is 0. The summed E-state index contributed by atoms with van der Waals surface area (Å²) in [4.78, 5) is 39.4. The second-order valence-corrected chi connectivity index (χ2v) is 11.2. The SMILES string of the molecule is CC(C)(C)OC(=O)N1CC2(C1)CN(c1ccc(Nc3nc(N4CCCCC4)cnc3C(N)=O)cc1)C2. The normalized spacial score (nSPS) is 18.9. The Kier molecular flexibility index (Phi) is 6.13. The minimum absolute atomic E-state index is 0.129. The van der Waals surface area contributed by atoms with Gasteiger partial charge in [0.05, 0.1) is 6.20 Å². The van der Waals surface area contributed by atoms with Gasteiger partial charge in [0, 0.05) is 56.1 Å². The van der Waals surface area contributed by atoms with Crippen molar-refractivity contribution in [2.24, 2.45) is 11.1 Å². The highest BCUT2D eigenvalue weighted by Crippen LogP contribution is 2.42. The van der Waals surface area contributed by atoms with E-state index in [1.54, 1.807) is 11.1 Å². The molecular weight excluding hydrogens is 458 g/mol. The molecule has 5 rings (SSSR count). The van der Waals surface area contributed by atoms with Gasteiger partial charge in [-0.25, -0.2) is 14.8 Å². The van der Waals surface area contributed by atoms with Crippen molar-refractivity contribution >= 4 is 35.0 Å². The summed E-state index contributed by atoms with van der Waals surface area (Å²) in [6, 6.07) is 8.03. The monoisotopic (exact) mass is 493 g/mol. The summed E-state index contributed by atoms with van der Waals surface area (Å²) in [6.07, 6.45) is 4.87. The quantitative estimate of drug-likeness (QED) is 0.651. The molecule has 0 saturated carbocycles. The molecule has 0 atom stereocenters. The van der Waals surface area contributed by atoms with Crippen molar-refractivity contribution in [2.75, 3.05) is 54.4 Å². The number of nitrogens with one attached hydrogen (secondary N) is 1. The van der Waals surface area contributed by atoms with Crippen LogP contribution in [-0.2, 0) is 4.74 Å². The van der Waals surface area contributed by atoms with E-state index in [9.17, 15) is 9.59 Å². The number of ether oxygens (including phenoxy) is 1. The molecule has 0 unspecified atom stereocenters. The van der Waals surface area contributed by atoms with Crippen molar-refractivity contribution in [1.82, 2.24) is 14.9 Å². The fourth-order valence-corrected chi connectivity index (χ4v) is 5.18. The van der Waals surface area contributed by atoms with Crippen molar-refractivity contribution in [3.63, 3.8) is 0 Å². The van der Waals surface area contributed by atoms with Crippen molar-refractivity contribution in [2.45, 2.75) is 45.6 Å². The van der Waals surface area contributed by atoms with Crippen molar-refractivity contribution in [3.05, 3.63) is 36.2 Å². The minimum Gasteiger partial charge on any atom is -0.444 e. The Bertz CT molecular complexity index is 1130. The van der Waals surface area contributed by atoms with Crippen LogP contribution < -0.4 is 20.9 Å². The maximum Gasteiger partial charge on any atom is 0.410 e. The summed E-state index contributed by atoms with van der Waals surface area (Å²) < 4.78 is 5.47. The standard InChI is InChI=1S/C26H35N7O3/c1-25(2,3)36-24(35)33-16-26(17-33)14-32(15-26)19-9-7-18(8-10-19)29-23-21(22(27)34)28-13-20(30-23)31-11-5-4-6-12-31/h7-10,13H,4-6,11-12,14-17H2,1-3H3,(H2,27,34)(H,29,30). The van der Waals surface area contributed by atoms with Crippen LogP contribution in [0.4, 0.5) is 27.8 Å². The van der Waals surface area contributed by atoms with Crippen LogP contribution in [0.5, 0.6) is 0 Å². The number of benzene rings is 1. The highest BCUT2D eigenvalue weighted by atomic mass is 16.6. The summed E-state index contributed by atoms with van der Waals surface area (Å²) in [5.74, 6) is 0.516. The van der Waals surface area contributed by atoms with E-state index in [0.29, 0.717) is 5.82 Å². The number of primary amides is 1. The van der Waals surface area contributed by atoms with E-state index in [1.807, 2.05) is 45.0 Å². The van der Waals surface area contributed by atoms with Crippen molar-refractivity contribution in [1.29, 1.82) is 0 Å². The maximum absolute atomic E-state index is 12.2. The van der Waals surface area contributed by atoms with Gasteiger partial charge in [0.2, 0.25) is 0 Å². The third-order valence-corrected chi connectivity index (χ3v) is 6.93. The zero-order chi connectivity index (χ0) is 25.5. The van der Waals surface area contributed by atoms with Gasteiger partial charge in [0.25, 0.3) is 5.91 Å². The van der Waals surface area contributed by atoms with Gasteiger partial charge in [-0.15, -0.1) is 0 Å². The molecule has 192 valence electrons. The van der Waals surface area contributed by atoms with E-state index in [2.05, 4.69) is 25.1 Å². The number of anilines is 4. The lowest BCUT2D eigenvalue weighted by Gasteiger charge is -2.60. The average Bonchev–Trinajstić information content (AvgIpc) is 2.77. The number of rotatable bonds is 5. The second-order valence-electron chi connectivity index (χ2n) is 11.2. The van der Waals surface area contributed by atoms with Crippen LogP contribution >= 0.6 is 0 Å². The number of aromatic nitrogens is 2. The molecule has 4 heterocycles. The second kappa shape index (κ2) is 9.15. The van der Waals surface area contributed by atoms with Crippen LogP contribution in [0.1, 0.15) is 50.5 Å². The number of nitrogens with two attached hydrogens (primary N) is 1. The molecular formula is C26H35N7O3. The molecule has 3 fully saturated rings. The number of piperidine rings is 1. The van der Waals surface area contributed by atoms with E-state index in [4.69, 9.17) is 10.5 Å². The van der Waals surface area contributed by atoms with Gasteiger partial charge >= 0.3 is 6.09 Å². The fourth-order valence-electron chi connectivity index (χ4n) is 5.18. The number of likely N-dealkylation sites (tertiary alicyclic amines) is 1. The van der Waals surface area contributed by atoms with Crippen LogP contribution in [0, 0.1) is 5.41 Å². The third-order valence-electron chi connectivity index (χ3n) is 6.93. The Morgan fingerprint density at radius 1 is 1.00 bits per heavy atom. The smallest absolute Gasteiger partial charge is 0.410 e. The lowest BCUT2D eigenvalue weighted by Crippen LogP contribution is -2.73. The molecule has 1 aromatic carbocycles. The first-order chi connectivity index (χ1) is 17.1. The predicted octanol–water partition coefficient (Wildman–Crippen LogP) is 3.37. The van der Waals surface area contributed by atoms with Crippen molar-refractivity contribution in [3.8, 4) is 0 Å². The van der Waals surface area contributed by atoms with Crippen LogP contribution in [0.25, 0.3) is 0 Å². The average molecular weight is 494 g/mol. The first-order valence-electron chi connectivity index (χ1n) is 12.6. The number of hydrogen-bond donors (Lipinski definition) is 2. The molecule has 1 spiro atoms. The lowest BCUT2D eigenvalue weighted by atomic mass is 9.73. The zero-order valence-electron chi connectivity index (χ0n) is 21.3. The van der Waals surface area contributed by atoms with Gasteiger partial charge in [-0.2, -0.15) is 0 Å². The highest BCUT2D eigenvalue weighted by molar-refractivity contribution is 5.96. The summed E-state index contributed by atoms with van der Waals surface area (Å²) in [7, 11) is 0. The molecule has 36 heavy (non-hydrogen) atoms. The molecule has 10 nitrogen and oxygen atoms in total. The first-order valence-corrected chi connectivity index (χ1v) is 12.6. The Hall–Kier alpha value is -3.56. The fraction of sp³-hybridized carbons (Fsp3) is 0.538. The molecule has 3 saturated heterocycles. The predicted molar refractivity (Wildman–Crippen MR) is 139 cm³/mol. The van der Waals surface area contributed by atoms with E-state index < -0.39 is 11.5 Å². The number of carbonyl (C=O) groups is 2. The molecule has 3 N–H and O–H groups in total. The Labute approximate surface area is 211 Å². The van der Waals surface area contributed by atoms with E-state index in [1.165, 1.54) is 6.42 Å². The Morgan fingerprint density at radius 2 is 1.67 bits per heavy atom. The molecule has 2 aromatic rings. The van der Waals surface area contributed by atoms with Gasteiger partial charge in [0.15, 0.2) is 11.5 Å². The molecule has 0 bridgehead atoms. The summed E-state index contributed by atoms with van der Waals surface area (Å²) in [5, 5.41) is 3.23. The molecule has 0 aliphatic carbocycles. The topological polar surface area (TPSA) is 117 Å². The summed E-state index contributed by atoms with van der Waals surface area (Å²) in [6.45, 7) is 10.8. The maximum atomic E-state index is 12.2.